The Morgan fingerprint density at radius 2 is 2.43 bits per heavy atom. The lowest BCUT2D eigenvalue weighted by Gasteiger charge is -2.06. The van der Waals surface area contributed by atoms with Gasteiger partial charge in [-0.05, 0) is 7.05 Å². The van der Waals surface area contributed by atoms with E-state index in [9.17, 15) is 4.79 Å². The monoisotopic (exact) mass is 215 g/mol. The van der Waals surface area contributed by atoms with E-state index in [4.69, 9.17) is 5.11 Å². The average molecular weight is 215 g/mol. The van der Waals surface area contributed by atoms with Crippen LogP contribution in [0.15, 0.2) is 0 Å². The van der Waals surface area contributed by atoms with Crippen LogP contribution < -0.4 is 0 Å². The Bertz CT molecular complexity index is 66.0. The van der Waals surface area contributed by atoms with Crippen molar-refractivity contribution in [3.05, 3.63) is 0 Å². The van der Waals surface area contributed by atoms with Crippen molar-refractivity contribution in [3.63, 3.8) is 0 Å². The molecule has 4 heteroatoms. The summed E-state index contributed by atoms with van der Waals surface area (Å²) >= 11 is 1.82. The van der Waals surface area contributed by atoms with Crippen LogP contribution in [0.5, 0.6) is 0 Å². The number of hydrogen-bond acceptors (Lipinski definition) is 3. The zero-order valence-corrected chi connectivity index (χ0v) is 5.99. The summed E-state index contributed by atoms with van der Waals surface area (Å²) in [5.41, 5.74) is 0. The van der Waals surface area contributed by atoms with Gasteiger partial charge in [-0.15, -0.1) is 0 Å². The predicted molar refractivity (Wildman–Crippen MR) is 33.9 cm³/mol. The fraction of sp³-hybridized carbons (Fsp3) is 0.667. The minimum atomic E-state index is -0.958. The summed E-state index contributed by atoms with van der Waals surface area (Å²) in [6.45, 7) is 0. The topological polar surface area (TPSA) is 40.5 Å². The summed E-state index contributed by atoms with van der Waals surface area (Å²) in [7, 11) is 1.61. The number of carbonyl (C=O) groups excluding carboxylic acids is 1. The molecule has 0 saturated heterocycles. The molecule has 7 heavy (non-hydrogen) atoms. The molecule has 0 spiro atoms. The van der Waals surface area contributed by atoms with Crippen molar-refractivity contribution in [3.8, 4) is 0 Å². The van der Waals surface area contributed by atoms with E-state index in [1.165, 1.54) is 3.11 Å². The smallest absolute Gasteiger partial charge is 0.171 e. The molecular weight excluding hydrogens is 209 g/mol. The second-order valence-corrected chi connectivity index (χ2v) is 2.60. The molecule has 0 rings (SSSR count). The van der Waals surface area contributed by atoms with Crippen molar-refractivity contribution < 1.29 is 9.90 Å². The highest BCUT2D eigenvalue weighted by atomic mass is 127. The minimum absolute atomic E-state index is 0.465. The third-order valence-corrected chi connectivity index (χ3v) is 1.06. The first kappa shape index (κ1) is 7.32. The van der Waals surface area contributed by atoms with Gasteiger partial charge in [0.2, 0.25) is 0 Å². The van der Waals surface area contributed by atoms with Crippen LogP contribution >= 0.6 is 22.9 Å². The zero-order chi connectivity index (χ0) is 5.86. The molecule has 0 aromatic heterocycles. The average Bonchev–Trinajstić information content (AvgIpc) is 1.65. The first-order valence-electron chi connectivity index (χ1n) is 1.70. The van der Waals surface area contributed by atoms with Crippen LogP contribution in [-0.4, -0.2) is 27.8 Å². The molecule has 42 valence electrons. The molecule has 1 unspecified atom stereocenters. The number of nitrogens with zero attached hydrogens (tertiary/aromatic N) is 1. The largest absolute Gasteiger partial charge is 0.371 e. The van der Waals surface area contributed by atoms with Crippen LogP contribution in [0.3, 0.4) is 0 Å². The minimum Gasteiger partial charge on any atom is -0.371 e. The van der Waals surface area contributed by atoms with E-state index in [1.54, 1.807) is 7.05 Å². The van der Waals surface area contributed by atoms with Crippen molar-refractivity contribution in [2.24, 2.45) is 0 Å². The van der Waals surface area contributed by atoms with Crippen molar-refractivity contribution in [2.45, 2.75) is 6.23 Å². The molecular formula is C3H6INO2. The molecule has 0 heterocycles. The molecule has 0 saturated carbocycles. The van der Waals surface area contributed by atoms with Gasteiger partial charge >= 0.3 is 0 Å². The number of carbonyl (C=O) groups is 1. The van der Waals surface area contributed by atoms with Crippen LogP contribution in [0.25, 0.3) is 0 Å². The SMILES string of the molecule is CN(I)C(O)C=O. The van der Waals surface area contributed by atoms with Gasteiger partial charge in [-0.2, -0.15) is 0 Å². The first-order chi connectivity index (χ1) is 3.18. The summed E-state index contributed by atoms with van der Waals surface area (Å²) in [5.74, 6) is 0. The zero-order valence-electron chi connectivity index (χ0n) is 3.84. The van der Waals surface area contributed by atoms with Gasteiger partial charge in [-0.3, -0.25) is 4.79 Å². The number of aliphatic hydroxyl groups is 1. The molecule has 0 amide bonds. The van der Waals surface area contributed by atoms with Crippen molar-refractivity contribution in [1.82, 2.24) is 3.11 Å². The second-order valence-electron chi connectivity index (χ2n) is 1.07. The molecule has 1 atom stereocenters. The molecule has 1 N–H and O–H groups in total. The highest BCUT2D eigenvalue weighted by Crippen LogP contribution is 1.94. The van der Waals surface area contributed by atoms with E-state index in [-0.39, 0.29) is 0 Å². The lowest BCUT2D eigenvalue weighted by molar-refractivity contribution is -0.118. The van der Waals surface area contributed by atoms with Crippen LogP contribution in [0.1, 0.15) is 0 Å². The summed E-state index contributed by atoms with van der Waals surface area (Å²) in [6.07, 6.45) is -0.493. The van der Waals surface area contributed by atoms with E-state index >= 15 is 0 Å². The van der Waals surface area contributed by atoms with Gasteiger partial charge in [-0.25, -0.2) is 3.11 Å². The molecule has 0 radical (unpaired) electrons. The third-order valence-electron chi connectivity index (χ3n) is 0.486. The maximum Gasteiger partial charge on any atom is 0.171 e. The number of aldehydes is 1. The van der Waals surface area contributed by atoms with Gasteiger partial charge in [0, 0.05) is 22.9 Å². The fourth-order valence-electron chi connectivity index (χ4n) is 0.0839. The van der Waals surface area contributed by atoms with Gasteiger partial charge in [0.15, 0.2) is 12.5 Å². The van der Waals surface area contributed by atoms with Gasteiger partial charge in [0.05, 0.1) is 0 Å². The van der Waals surface area contributed by atoms with E-state index in [0.717, 1.165) is 0 Å². The Morgan fingerprint density at radius 1 is 2.00 bits per heavy atom. The number of rotatable bonds is 2. The quantitative estimate of drug-likeness (QED) is 0.300. The predicted octanol–water partition coefficient (Wildman–Crippen LogP) is -0.214. The van der Waals surface area contributed by atoms with E-state index < -0.39 is 6.23 Å². The highest BCUT2D eigenvalue weighted by Gasteiger charge is 2.02. The van der Waals surface area contributed by atoms with Crippen molar-refractivity contribution >= 4 is 29.2 Å². The van der Waals surface area contributed by atoms with E-state index in [1.807, 2.05) is 22.9 Å². The number of likely N-dealkylation sites (N-methyl/N-ethyl adjacent to an activating group) is 1. The lowest BCUT2D eigenvalue weighted by atomic mass is 10.7. The van der Waals surface area contributed by atoms with Crippen LogP contribution in [0, 0.1) is 0 Å². The first-order valence-corrected chi connectivity index (χ1v) is 2.67. The Labute approximate surface area is 55.8 Å². The van der Waals surface area contributed by atoms with Gasteiger partial charge in [0.1, 0.15) is 0 Å². The van der Waals surface area contributed by atoms with Crippen LogP contribution in [-0.2, 0) is 4.79 Å². The molecule has 0 aromatic rings. The highest BCUT2D eigenvalue weighted by molar-refractivity contribution is 14.1. The Hall–Kier alpha value is 0.320. The summed E-state index contributed by atoms with van der Waals surface area (Å²) < 4.78 is 1.38. The van der Waals surface area contributed by atoms with Gasteiger partial charge < -0.3 is 5.11 Å². The van der Waals surface area contributed by atoms with Gasteiger partial charge in [-0.1, -0.05) is 0 Å². The molecule has 0 bridgehead atoms. The van der Waals surface area contributed by atoms with E-state index in [2.05, 4.69) is 0 Å². The van der Waals surface area contributed by atoms with E-state index in [0.29, 0.717) is 6.29 Å². The van der Waals surface area contributed by atoms with Crippen LogP contribution in [0.4, 0.5) is 0 Å². The second kappa shape index (κ2) is 3.34. The van der Waals surface area contributed by atoms with Crippen molar-refractivity contribution in [1.29, 1.82) is 0 Å². The molecule has 0 aliphatic carbocycles. The standard InChI is InChI=1S/C3H6INO2/c1-5(4)3(7)2-6/h2-3,7H,1H3. The fourth-order valence-corrected chi connectivity index (χ4v) is 0.215. The Kier molecular flexibility index (Phi) is 3.49. The van der Waals surface area contributed by atoms with Crippen molar-refractivity contribution in [2.75, 3.05) is 7.05 Å². The number of aliphatic hydroxyl groups excluding tert-OH is 1. The molecule has 0 aromatic carbocycles. The number of hydrogen-bond donors (Lipinski definition) is 1. The van der Waals surface area contributed by atoms with Crippen LogP contribution in [0.2, 0.25) is 0 Å². The Morgan fingerprint density at radius 3 is 2.43 bits per heavy atom. The summed E-state index contributed by atoms with van der Waals surface area (Å²) in [4.78, 5) is 9.65. The molecule has 0 aliphatic heterocycles. The summed E-state index contributed by atoms with van der Waals surface area (Å²) in [5, 5.41) is 8.49. The molecule has 0 fully saturated rings. The normalized spacial score (nSPS) is 14.3. The Balaban J connectivity index is 3.33. The number of halogens is 1. The lowest BCUT2D eigenvalue weighted by Crippen LogP contribution is -2.22. The summed E-state index contributed by atoms with van der Waals surface area (Å²) in [6, 6.07) is 0. The van der Waals surface area contributed by atoms with Gasteiger partial charge in [0.25, 0.3) is 0 Å². The molecule has 0 aliphatic rings. The third kappa shape index (κ3) is 2.95. The maximum absolute atomic E-state index is 9.65. The maximum atomic E-state index is 9.65. The molecule has 3 nitrogen and oxygen atoms in total.